The number of hydrogen-bond acceptors (Lipinski definition) is 2. The van der Waals surface area contributed by atoms with Crippen LogP contribution in [0.3, 0.4) is 0 Å². The third-order valence-corrected chi connectivity index (χ3v) is 2.89. The Kier molecular flexibility index (Phi) is 5.74. The van der Waals surface area contributed by atoms with E-state index in [4.69, 9.17) is 4.55 Å². The number of hydrogen-bond donors (Lipinski definition) is 1. The van der Waals surface area contributed by atoms with Gasteiger partial charge in [-0.2, -0.15) is 8.42 Å². The molecule has 0 bridgehead atoms. The van der Waals surface area contributed by atoms with Crippen LogP contribution in [0.2, 0.25) is 0 Å². The van der Waals surface area contributed by atoms with Gasteiger partial charge in [0.2, 0.25) is 0 Å². The third kappa shape index (κ3) is 4.10. The summed E-state index contributed by atoms with van der Waals surface area (Å²) >= 11 is 3.22. The normalized spacial score (nSPS) is 10.6. The van der Waals surface area contributed by atoms with Gasteiger partial charge in [-0.15, -0.1) is 0 Å². The molecule has 0 aliphatic carbocycles. The van der Waals surface area contributed by atoms with E-state index in [0.717, 1.165) is 5.56 Å². The van der Waals surface area contributed by atoms with E-state index in [9.17, 15) is 8.42 Å². The van der Waals surface area contributed by atoms with E-state index in [1.807, 2.05) is 0 Å². The number of rotatable bonds is 2. The summed E-state index contributed by atoms with van der Waals surface area (Å²) in [4.78, 5) is -0.0767. The van der Waals surface area contributed by atoms with Crippen molar-refractivity contribution in [3.63, 3.8) is 0 Å². The molecule has 0 fully saturated rings. The zero-order chi connectivity index (χ0) is 9.19. The Morgan fingerprint density at radius 1 is 1.31 bits per heavy atom. The monoisotopic (exact) mass is 274 g/mol. The first-order chi connectivity index (χ1) is 5.54. The molecule has 0 spiro atoms. The van der Waals surface area contributed by atoms with Gasteiger partial charge in [-0.25, -0.2) is 0 Å². The minimum Gasteiger partial charge on any atom is -1.00 e. The van der Waals surface area contributed by atoms with Gasteiger partial charge in [0.15, 0.2) is 0 Å². The molecule has 1 aromatic carbocycles. The summed E-state index contributed by atoms with van der Waals surface area (Å²) in [6.07, 6.45) is 0. The second-order valence-electron chi connectivity index (χ2n) is 2.25. The molecule has 0 aliphatic heterocycles. The van der Waals surface area contributed by atoms with E-state index < -0.39 is 10.1 Å². The average molecular weight is 275 g/mol. The SMILES string of the molecule is O=S(=O)(O)c1ccc(CBr)cc1.[H-].[Na+]. The molecule has 3 nitrogen and oxygen atoms in total. The standard InChI is InChI=1S/C7H7BrO3S.Na.H/c8-5-6-1-3-7(4-2-6)12(9,10)11;;/h1-4H,5H2,(H,9,10,11);;/q;+1;-1. The summed E-state index contributed by atoms with van der Waals surface area (Å²) in [6.45, 7) is 0. The van der Waals surface area contributed by atoms with Crippen molar-refractivity contribution in [3.8, 4) is 0 Å². The van der Waals surface area contributed by atoms with Gasteiger partial charge in [-0.1, -0.05) is 28.1 Å². The van der Waals surface area contributed by atoms with Gasteiger partial charge in [0.1, 0.15) is 0 Å². The molecule has 0 amide bonds. The zero-order valence-electron chi connectivity index (χ0n) is 8.07. The summed E-state index contributed by atoms with van der Waals surface area (Å²) in [5, 5.41) is 0.665. The molecule has 0 aliphatic rings. The molecule has 1 aromatic rings. The molecule has 1 N–H and O–H groups in total. The molecular weight excluding hydrogens is 267 g/mol. The first-order valence-corrected chi connectivity index (χ1v) is 5.72. The largest absolute Gasteiger partial charge is 1.00 e. The first-order valence-electron chi connectivity index (χ1n) is 3.16. The van der Waals surface area contributed by atoms with E-state index in [2.05, 4.69) is 15.9 Å². The maximum atomic E-state index is 10.6. The van der Waals surface area contributed by atoms with Crippen LogP contribution in [0, 0.1) is 0 Å². The van der Waals surface area contributed by atoms with Gasteiger partial charge < -0.3 is 1.43 Å². The number of alkyl halides is 1. The van der Waals surface area contributed by atoms with Crippen molar-refractivity contribution in [2.45, 2.75) is 10.2 Å². The van der Waals surface area contributed by atoms with Crippen molar-refractivity contribution in [2.75, 3.05) is 0 Å². The van der Waals surface area contributed by atoms with E-state index in [0.29, 0.717) is 5.33 Å². The van der Waals surface area contributed by atoms with Crippen LogP contribution in [0.4, 0.5) is 0 Å². The third-order valence-electron chi connectivity index (χ3n) is 1.38. The summed E-state index contributed by atoms with van der Waals surface area (Å²) in [5.41, 5.74) is 0.961. The van der Waals surface area contributed by atoms with Gasteiger partial charge in [0.05, 0.1) is 4.90 Å². The van der Waals surface area contributed by atoms with Crippen LogP contribution in [0.15, 0.2) is 29.2 Å². The van der Waals surface area contributed by atoms with Crippen LogP contribution in [0.25, 0.3) is 0 Å². The minimum atomic E-state index is -4.04. The van der Waals surface area contributed by atoms with Crippen LogP contribution in [-0.2, 0) is 15.4 Å². The van der Waals surface area contributed by atoms with E-state index in [1.54, 1.807) is 12.1 Å². The van der Waals surface area contributed by atoms with Gasteiger partial charge in [-0.3, -0.25) is 4.55 Å². The summed E-state index contributed by atoms with van der Waals surface area (Å²) in [5.74, 6) is 0. The van der Waals surface area contributed by atoms with Gasteiger partial charge in [-0.05, 0) is 17.7 Å². The molecule has 0 radical (unpaired) electrons. The van der Waals surface area contributed by atoms with Crippen molar-refractivity contribution in [1.82, 2.24) is 0 Å². The molecular formula is C7H8BrNaO3S. The first kappa shape index (κ1) is 13.6. The van der Waals surface area contributed by atoms with Crippen LogP contribution < -0.4 is 29.6 Å². The Bertz CT molecular complexity index is 365. The molecule has 0 heterocycles. The van der Waals surface area contributed by atoms with E-state index >= 15 is 0 Å². The quantitative estimate of drug-likeness (QED) is 0.425. The van der Waals surface area contributed by atoms with Crippen LogP contribution in [0.1, 0.15) is 6.99 Å². The van der Waals surface area contributed by atoms with Crippen LogP contribution in [-0.4, -0.2) is 13.0 Å². The Labute approximate surface area is 109 Å². The van der Waals surface area contributed by atoms with Crippen molar-refractivity contribution in [3.05, 3.63) is 29.8 Å². The van der Waals surface area contributed by atoms with Crippen molar-refractivity contribution in [2.24, 2.45) is 0 Å². The van der Waals surface area contributed by atoms with Crippen molar-refractivity contribution >= 4 is 26.0 Å². The topological polar surface area (TPSA) is 54.4 Å². The molecule has 6 heteroatoms. The summed E-state index contributed by atoms with van der Waals surface area (Å²) in [7, 11) is -4.04. The van der Waals surface area contributed by atoms with E-state index in [1.165, 1.54) is 12.1 Å². The second-order valence-corrected chi connectivity index (χ2v) is 4.23. The van der Waals surface area contributed by atoms with Gasteiger partial charge >= 0.3 is 29.6 Å². The molecule has 0 saturated carbocycles. The van der Waals surface area contributed by atoms with Crippen LogP contribution >= 0.6 is 15.9 Å². The van der Waals surface area contributed by atoms with E-state index in [-0.39, 0.29) is 35.9 Å². The molecule has 0 atom stereocenters. The maximum absolute atomic E-state index is 10.6. The smallest absolute Gasteiger partial charge is 1.00 e. The fourth-order valence-electron chi connectivity index (χ4n) is 0.751. The fourth-order valence-corrected chi connectivity index (χ4v) is 1.60. The second kappa shape index (κ2) is 5.48. The summed E-state index contributed by atoms with van der Waals surface area (Å²) < 4.78 is 29.8. The zero-order valence-corrected chi connectivity index (χ0v) is 11.5. The minimum absolute atomic E-state index is 0. The Morgan fingerprint density at radius 2 is 1.77 bits per heavy atom. The van der Waals surface area contributed by atoms with Gasteiger partial charge in [0.25, 0.3) is 10.1 Å². The van der Waals surface area contributed by atoms with Crippen molar-refractivity contribution < 1.29 is 44.0 Å². The Morgan fingerprint density at radius 3 is 2.08 bits per heavy atom. The fraction of sp³-hybridized carbons (Fsp3) is 0.143. The average Bonchev–Trinajstić information content (AvgIpc) is 2.03. The molecule has 0 unspecified atom stereocenters. The van der Waals surface area contributed by atoms with Crippen LogP contribution in [0.5, 0.6) is 0 Å². The molecule has 68 valence electrons. The number of halogens is 1. The molecule has 1 rings (SSSR count). The molecule has 0 aromatic heterocycles. The molecule has 0 saturated heterocycles. The predicted octanol–water partition coefficient (Wildman–Crippen LogP) is -1.06. The Hall–Kier alpha value is 0.610. The number of benzene rings is 1. The van der Waals surface area contributed by atoms with Crippen molar-refractivity contribution in [1.29, 1.82) is 0 Å². The van der Waals surface area contributed by atoms with Gasteiger partial charge in [0, 0.05) is 5.33 Å². The molecule has 13 heavy (non-hydrogen) atoms. The maximum Gasteiger partial charge on any atom is 1.00 e. The predicted molar refractivity (Wildman–Crippen MR) is 50.0 cm³/mol. The summed E-state index contributed by atoms with van der Waals surface area (Å²) in [6, 6.07) is 6.01. The Balaban J connectivity index is 0.